The number of nitrogens with one attached hydrogen (secondary N) is 1. The van der Waals surface area contributed by atoms with Gasteiger partial charge in [0, 0.05) is 24.8 Å². The van der Waals surface area contributed by atoms with Crippen LogP contribution in [0.2, 0.25) is 0 Å². The van der Waals surface area contributed by atoms with Crippen LogP contribution in [0.3, 0.4) is 0 Å². The first kappa shape index (κ1) is 15.5. The number of nitrogens with zero attached hydrogens (tertiary/aromatic N) is 3. The lowest BCUT2D eigenvalue weighted by molar-refractivity contribution is -0.152. The SMILES string of the molecule is CCn1cc(CN2C(=O)C(C(C)(C)C)NC(=O)C2C)cn1. The van der Waals surface area contributed by atoms with Crippen molar-refractivity contribution >= 4 is 11.8 Å². The molecular weight excluding hydrogens is 268 g/mol. The largest absolute Gasteiger partial charge is 0.342 e. The Morgan fingerprint density at radius 1 is 1.33 bits per heavy atom. The van der Waals surface area contributed by atoms with E-state index in [0.717, 1.165) is 12.1 Å². The Labute approximate surface area is 125 Å². The molecule has 1 aromatic heterocycles. The average Bonchev–Trinajstić information content (AvgIpc) is 2.85. The first-order chi connectivity index (χ1) is 9.74. The van der Waals surface area contributed by atoms with Gasteiger partial charge in [0.15, 0.2) is 0 Å². The standard InChI is InChI=1S/C15H24N4O2/c1-6-18-8-11(7-16-18)9-19-10(2)13(20)17-12(14(19)21)15(3,4)5/h7-8,10,12H,6,9H2,1-5H3,(H,17,20). The first-order valence-corrected chi connectivity index (χ1v) is 7.36. The quantitative estimate of drug-likeness (QED) is 0.909. The van der Waals surface area contributed by atoms with Crippen LogP contribution in [0.1, 0.15) is 40.2 Å². The Morgan fingerprint density at radius 3 is 2.52 bits per heavy atom. The Balaban J connectivity index is 2.22. The monoisotopic (exact) mass is 292 g/mol. The summed E-state index contributed by atoms with van der Waals surface area (Å²) in [5, 5.41) is 7.05. The van der Waals surface area contributed by atoms with E-state index in [1.807, 2.05) is 38.6 Å². The zero-order valence-electron chi connectivity index (χ0n) is 13.4. The average molecular weight is 292 g/mol. The molecule has 0 aromatic carbocycles. The topological polar surface area (TPSA) is 67.2 Å². The van der Waals surface area contributed by atoms with Crippen molar-refractivity contribution in [2.24, 2.45) is 5.41 Å². The summed E-state index contributed by atoms with van der Waals surface area (Å²) in [6.07, 6.45) is 3.67. The number of aromatic nitrogens is 2. The summed E-state index contributed by atoms with van der Waals surface area (Å²) >= 11 is 0. The van der Waals surface area contributed by atoms with Crippen LogP contribution >= 0.6 is 0 Å². The number of piperazine rings is 1. The van der Waals surface area contributed by atoms with E-state index in [1.165, 1.54) is 0 Å². The maximum atomic E-state index is 12.7. The number of aryl methyl sites for hydroxylation is 1. The van der Waals surface area contributed by atoms with Gasteiger partial charge in [-0.3, -0.25) is 14.3 Å². The van der Waals surface area contributed by atoms with Gasteiger partial charge in [-0.05, 0) is 19.3 Å². The van der Waals surface area contributed by atoms with Gasteiger partial charge < -0.3 is 10.2 Å². The lowest BCUT2D eigenvalue weighted by atomic mass is 9.84. The van der Waals surface area contributed by atoms with Crippen molar-refractivity contribution in [3.05, 3.63) is 18.0 Å². The van der Waals surface area contributed by atoms with E-state index >= 15 is 0 Å². The summed E-state index contributed by atoms with van der Waals surface area (Å²) in [6.45, 7) is 10.8. The van der Waals surface area contributed by atoms with Crippen LogP contribution in [0.4, 0.5) is 0 Å². The van der Waals surface area contributed by atoms with Crippen molar-refractivity contribution in [1.29, 1.82) is 0 Å². The van der Waals surface area contributed by atoms with Gasteiger partial charge in [0.1, 0.15) is 12.1 Å². The normalized spacial score (nSPS) is 23.4. The predicted molar refractivity (Wildman–Crippen MR) is 79.3 cm³/mol. The summed E-state index contributed by atoms with van der Waals surface area (Å²) < 4.78 is 1.82. The van der Waals surface area contributed by atoms with Gasteiger partial charge in [-0.15, -0.1) is 0 Å². The fraction of sp³-hybridized carbons (Fsp3) is 0.667. The van der Waals surface area contributed by atoms with Crippen LogP contribution in [0.5, 0.6) is 0 Å². The Hall–Kier alpha value is -1.85. The van der Waals surface area contributed by atoms with Crippen molar-refractivity contribution < 1.29 is 9.59 Å². The molecule has 2 heterocycles. The molecule has 21 heavy (non-hydrogen) atoms. The molecule has 0 saturated carbocycles. The second-order valence-electron chi connectivity index (χ2n) is 6.65. The zero-order chi connectivity index (χ0) is 15.8. The summed E-state index contributed by atoms with van der Waals surface area (Å²) in [5.41, 5.74) is 0.637. The summed E-state index contributed by atoms with van der Waals surface area (Å²) in [4.78, 5) is 26.5. The number of hydrogen-bond acceptors (Lipinski definition) is 3. The summed E-state index contributed by atoms with van der Waals surface area (Å²) in [5.74, 6) is -0.128. The second kappa shape index (κ2) is 5.50. The van der Waals surface area contributed by atoms with Crippen molar-refractivity contribution in [3.8, 4) is 0 Å². The third-order valence-corrected chi connectivity index (χ3v) is 3.89. The van der Waals surface area contributed by atoms with Gasteiger partial charge >= 0.3 is 0 Å². The third-order valence-electron chi connectivity index (χ3n) is 3.89. The van der Waals surface area contributed by atoms with Crippen LogP contribution in [0.25, 0.3) is 0 Å². The molecule has 1 saturated heterocycles. The van der Waals surface area contributed by atoms with Gasteiger partial charge in [0.25, 0.3) is 0 Å². The molecule has 2 unspecified atom stereocenters. The first-order valence-electron chi connectivity index (χ1n) is 7.36. The molecule has 1 aliphatic heterocycles. The van der Waals surface area contributed by atoms with E-state index < -0.39 is 12.1 Å². The molecule has 0 radical (unpaired) electrons. The second-order valence-corrected chi connectivity index (χ2v) is 6.65. The highest BCUT2D eigenvalue weighted by atomic mass is 16.2. The minimum absolute atomic E-state index is 0.0288. The van der Waals surface area contributed by atoms with Crippen molar-refractivity contribution in [3.63, 3.8) is 0 Å². The number of rotatable bonds is 3. The number of hydrogen-bond donors (Lipinski definition) is 1. The highest BCUT2D eigenvalue weighted by Crippen LogP contribution is 2.26. The molecule has 1 N–H and O–H groups in total. The van der Waals surface area contributed by atoms with Crippen molar-refractivity contribution in [2.75, 3.05) is 0 Å². The van der Waals surface area contributed by atoms with E-state index in [2.05, 4.69) is 10.4 Å². The minimum atomic E-state index is -0.484. The Kier molecular flexibility index (Phi) is 4.07. The Morgan fingerprint density at radius 2 is 2.00 bits per heavy atom. The van der Waals surface area contributed by atoms with Crippen LogP contribution in [-0.4, -0.2) is 38.6 Å². The Bertz CT molecular complexity index is 544. The van der Waals surface area contributed by atoms with Gasteiger partial charge in [0.05, 0.1) is 6.20 Å². The molecule has 0 spiro atoms. The van der Waals surface area contributed by atoms with Gasteiger partial charge in [-0.1, -0.05) is 20.8 Å². The molecule has 1 fully saturated rings. The van der Waals surface area contributed by atoms with Crippen LogP contribution < -0.4 is 5.32 Å². The molecule has 6 nitrogen and oxygen atoms in total. The van der Waals surface area contributed by atoms with E-state index in [1.54, 1.807) is 18.0 Å². The minimum Gasteiger partial charge on any atom is -0.342 e. The summed E-state index contributed by atoms with van der Waals surface area (Å²) in [6, 6.07) is -0.941. The van der Waals surface area contributed by atoms with E-state index in [4.69, 9.17) is 0 Å². The van der Waals surface area contributed by atoms with Crippen LogP contribution in [0.15, 0.2) is 12.4 Å². The van der Waals surface area contributed by atoms with Crippen LogP contribution in [-0.2, 0) is 22.7 Å². The summed E-state index contributed by atoms with van der Waals surface area (Å²) in [7, 11) is 0. The van der Waals surface area contributed by atoms with E-state index in [9.17, 15) is 9.59 Å². The van der Waals surface area contributed by atoms with Gasteiger partial charge in [-0.25, -0.2) is 0 Å². The molecule has 2 atom stereocenters. The van der Waals surface area contributed by atoms with Gasteiger partial charge in [-0.2, -0.15) is 5.10 Å². The number of carbonyl (C=O) groups is 2. The van der Waals surface area contributed by atoms with E-state index in [-0.39, 0.29) is 17.2 Å². The lowest BCUT2D eigenvalue weighted by Gasteiger charge is -2.42. The molecule has 116 valence electrons. The van der Waals surface area contributed by atoms with Crippen molar-refractivity contribution in [2.45, 2.75) is 59.8 Å². The number of amides is 2. The fourth-order valence-corrected chi connectivity index (χ4v) is 2.48. The molecule has 1 aliphatic rings. The lowest BCUT2D eigenvalue weighted by Crippen LogP contribution is -2.65. The van der Waals surface area contributed by atoms with E-state index in [0.29, 0.717) is 6.54 Å². The fourth-order valence-electron chi connectivity index (χ4n) is 2.48. The van der Waals surface area contributed by atoms with Gasteiger partial charge in [0.2, 0.25) is 11.8 Å². The molecule has 2 rings (SSSR count). The van der Waals surface area contributed by atoms with Crippen molar-refractivity contribution in [1.82, 2.24) is 20.0 Å². The zero-order valence-corrected chi connectivity index (χ0v) is 13.4. The smallest absolute Gasteiger partial charge is 0.246 e. The maximum Gasteiger partial charge on any atom is 0.246 e. The third kappa shape index (κ3) is 3.09. The molecule has 1 aromatic rings. The molecule has 0 bridgehead atoms. The molecular formula is C15H24N4O2. The highest BCUT2D eigenvalue weighted by molar-refractivity contribution is 5.97. The highest BCUT2D eigenvalue weighted by Gasteiger charge is 2.43. The maximum absolute atomic E-state index is 12.7. The molecule has 6 heteroatoms. The molecule has 0 aliphatic carbocycles. The molecule has 2 amide bonds. The predicted octanol–water partition coefficient (Wildman–Crippen LogP) is 1.16. The number of carbonyl (C=O) groups excluding carboxylic acids is 2. The van der Waals surface area contributed by atoms with Crippen LogP contribution in [0, 0.1) is 5.41 Å².